The van der Waals surface area contributed by atoms with Gasteiger partial charge in [0.2, 0.25) is 0 Å². The highest BCUT2D eigenvalue weighted by Gasteiger charge is 2.16. The van der Waals surface area contributed by atoms with Crippen LogP contribution in [0.25, 0.3) is 0 Å². The third kappa shape index (κ3) is 2.75. The molecule has 0 aliphatic heterocycles. The van der Waals surface area contributed by atoms with Crippen molar-refractivity contribution in [1.29, 1.82) is 0 Å². The zero-order valence-electron chi connectivity index (χ0n) is 10.9. The van der Waals surface area contributed by atoms with Crippen LogP contribution in [-0.2, 0) is 6.42 Å². The molecular weight excluding hydrogens is 244 g/mol. The second-order valence-electron chi connectivity index (χ2n) is 4.63. The minimum atomic E-state index is 0.0175. The summed E-state index contributed by atoms with van der Waals surface area (Å²) in [5.41, 5.74) is 8.96. The van der Waals surface area contributed by atoms with Gasteiger partial charge in [-0.15, -0.1) is 5.10 Å². The van der Waals surface area contributed by atoms with Crippen LogP contribution in [0.3, 0.4) is 0 Å². The van der Waals surface area contributed by atoms with Crippen molar-refractivity contribution in [3.05, 3.63) is 45.5 Å². The lowest BCUT2D eigenvalue weighted by molar-refractivity contribution is 0.535. The van der Waals surface area contributed by atoms with E-state index >= 15 is 0 Å². The average molecular weight is 262 g/mol. The Balaban J connectivity index is 2.28. The summed E-state index contributed by atoms with van der Waals surface area (Å²) >= 11 is 1.35. The standard InChI is InChI=1S/C13H18N4S/c1-8-4-9(2)11(10(3)5-8)6-12(15-14)13-7-18-17-16-13/h4-5,7,12,15H,6,14H2,1-3H3. The van der Waals surface area contributed by atoms with Crippen molar-refractivity contribution in [2.75, 3.05) is 0 Å². The minimum absolute atomic E-state index is 0.0175. The van der Waals surface area contributed by atoms with E-state index in [0.29, 0.717) is 0 Å². The molecule has 0 radical (unpaired) electrons. The van der Waals surface area contributed by atoms with E-state index in [0.717, 1.165) is 12.1 Å². The van der Waals surface area contributed by atoms with Gasteiger partial charge in [0, 0.05) is 5.38 Å². The lowest BCUT2D eigenvalue weighted by atomic mass is 9.94. The third-order valence-electron chi connectivity index (χ3n) is 3.18. The van der Waals surface area contributed by atoms with Gasteiger partial charge in [0.25, 0.3) is 0 Å². The molecule has 0 saturated carbocycles. The molecule has 0 amide bonds. The molecule has 5 heteroatoms. The fourth-order valence-electron chi connectivity index (χ4n) is 2.31. The van der Waals surface area contributed by atoms with Gasteiger partial charge in [0.1, 0.15) is 0 Å². The number of hydrogen-bond donors (Lipinski definition) is 2. The van der Waals surface area contributed by atoms with Crippen molar-refractivity contribution < 1.29 is 0 Å². The Morgan fingerprint density at radius 3 is 2.44 bits per heavy atom. The summed E-state index contributed by atoms with van der Waals surface area (Å²) in [6.07, 6.45) is 0.833. The first-order valence-corrected chi connectivity index (χ1v) is 6.75. The second-order valence-corrected chi connectivity index (χ2v) is 5.24. The molecule has 2 rings (SSSR count). The molecule has 3 N–H and O–H groups in total. The Morgan fingerprint density at radius 1 is 1.28 bits per heavy atom. The molecule has 1 aromatic carbocycles. The van der Waals surface area contributed by atoms with Gasteiger partial charge >= 0.3 is 0 Å². The lowest BCUT2D eigenvalue weighted by Crippen LogP contribution is -2.30. The van der Waals surface area contributed by atoms with Crippen LogP contribution >= 0.6 is 11.5 Å². The average Bonchev–Trinajstić information content (AvgIpc) is 2.81. The molecule has 18 heavy (non-hydrogen) atoms. The van der Waals surface area contributed by atoms with Gasteiger partial charge in [-0.25, -0.2) is 0 Å². The van der Waals surface area contributed by atoms with E-state index < -0.39 is 0 Å². The molecule has 0 aliphatic carbocycles. The number of rotatable bonds is 4. The number of hydrazine groups is 1. The first-order chi connectivity index (χ1) is 8.61. The van der Waals surface area contributed by atoms with Crippen LogP contribution in [0.1, 0.15) is 34.0 Å². The van der Waals surface area contributed by atoms with E-state index in [1.165, 1.54) is 33.8 Å². The van der Waals surface area contributed by atoms with Crippen LogP contribution in [0.5, 0.6) is 0 Å². The van der Waals surface area contributed by atoms with E-state index in [4.69, 9.17) is 5.84 Å². The van der Waals surface area contributed by atoms with Crippen molar-refractivity contribution in [1.82, 2.24) is 15.0 Å². The second kappa shape index (κ2) is 5.56. The van der Waals surface area contributed by atoms with Gasteiger partial charge in [0.15, 0.2) is 0 Å². The number of aryl methyl sites for hydroxylation is 3. The maximum Gasteiger partial charge on any atom is 0.0941 e. The van der Waals surface area contributed by atoms with E-state index in [2.05, 4.69) is 47.9 Å². The van der Waals surface area contributed by atoms with E-state index in [-0.39, 0.29) is 6.04 Å². The third-order valence-corrected chi connectivity index (χ3v) is 3.71. The van der Waals surface area contributed by atoms with Crippen LogP contribution in [0.15, 0.2) is 17.5 Å². The summed E-state index contributed by atoms with van der Waals surface area (Å²) in [5.74, 6) is 5.63. The molecule has 0 fully saturated rings. The van der Waals surface area contributed by atoms with E-state index in [1.807, 2.05) is 5.38 Å². The van der Waals surface area contributed by atoms with Crippen molar-refractivity contribution in [3.63, 3.8) is 0 Å². The fraction of sp³-hybridized carbons (Fsp3) is 0.385. The van der Waals surface area contributed by atoms with Gasteiger partial charge in [-0.1, -0.05) is 22.2 Å². The quantitative estimate of drug-likeness (QED) is 0.655. The summed E-state index contributed by atoms with van der Waals surface area (Å²) in [6.45, 7) is 6.40. The highest BCUT2D eigenvalue weighted by atomic mass is 32.1. The monoisotopic (exact) mass is 262 g/mol. The minimum Gasteiger partial charge on any atom is -0.271 e. The maximum absolute atomic E-state index is 5.63. The summed E-state index contributed by atoms with van der Waals surface area (Å²) in [7, 11) is 0. The van der Waals surface area contributed by atoms with Crippen LogP contribution in [-0.4, -0.2) is 9.59 Å². The van der Waals surface area contributed by atoms with E-state index in [1.54, 1.807) is 0 Å². The zero-order valence-corrected chi connectivity index (χ0v) is 11.7. The molecule has 2 aromatic rings. The molecule has 1 unspecified atom stereocenters. The van der Waals surface area contributed by atoms with Gasteiger partial charge in [-0.2, -0.15) is 0 Å². The largest absolute Gasteiger partial charge is 0.271 e. The van der Waals surface area contributed by atoms with Crippen molar-refractivity contribution in [2.45, 2.75) is 33.2 Å². The van der Waals surface area contributed by atoms with Crippen LogP contribution in [0.4, 0.5) is 0 Å². The smallest absolute Gasteiger partial charge is 0.0941 e. The highest BCUT2D eigenvalue weighted by molar-refractivity contribution is 7.03. The van der Waals surface area contributed by atoms with Gasteiger partial charge in [-0.3, -0.25) is 11.3 Å². The molecule has 0 spiro atoms. The van der Waals surface area contributed by atoms with E-state index in [9.17, 15) is 0 Å². The molecule has 0 bridgehead atoms. The Hall–Kier alpha value is -1.30. The first kappa shape index (κ1) is 13.1. The van der Waals surface area contributed by atoms with Crippen molar-refractivity contribution >= 4 is 11.5 Å². The van der Waals surface area contributed by atoms with Gasteiger partial charge in [0.05, 0.1) is 11.7 Å². The zero-order chi connectivity index (χ0) is 13.1. The predicted molar refractivity (Wildman–Crippen MR) is 74.3 cm³/mol. The molecule has 1 heterocycles. The number of nitrogens with one attached hydrogen (secondary N) is 1. The van der Waals surface area contributed by atoms with Crippen LogP contribution in [0, 0.1) is 20.8 Å². The topological polar surface area (TPSA) is 63.8 Å². The lowest BCUT2D eigenvalue weighted by Gasteiger charge is -2.17. The summed E-state index contributed by atoms with van der Waals surface area (Å²) in [6, 6.07) is 4.42. The summed E-state index contributed by atoms with van der Waals surface area (Å²) in [4.78, 5) is 0. The fourth-order valence-corrected chi connectivity index (χ4v) is 2.82. The van der Waals surface area contributed by atoms with Gasteiger partial charge in [-0.05, 0) is 55.4 Å². The number of nitrogens with zero attached hydrogens (tertiary/aromatic N) is 2. The van der Waals surface area contributed by atoms with Gasteiger partial charge < -0.3 is 0 Å². The normalized spacial score (nSPS) is 12.7. The Labute approximate surface area is 111 Å². The molecule has 0 aliphatic rings. The number of nitrogens with two attached hydrogens (primary N) is 1. The number of hydrogen-bond acceptors (Lipinski definition) is 5. The Kier molecular flexibility index (Phi) is 4.06. The van der Waals surface area contributed by atoms with Crippen LogP contribution in [0.2, 0.25) is 0 Å². The molecule has 1 aromatic heterocycles. The van der Waals surface area contributed by atoms with Crippen molar-refractivity contribution in [3.8, 4) is 0 Å². The Bertz CT molecular complexity index is 499. The Morgan fingerprint density at radius 2 is 1.94 bits per heavy atom. The predicted octanol–water partition coefficient (Wildman–Crippen LogP) is 2.21. The molecular formula is C13H18N4S. The molecule has 1 atom stereocenters. The molecule has 96 valence electrons. The van der Waals surface area contributed by atoms with Crippen LogP contribution < -0.4 is 11.3 Å². The highest BCUT2D eigenvalue weighted by Crippen LogP contribution is 2.23. The summed E-state index contributed by atoms with van der Waals surface area (Å²) in [5, 5.41) is 6.02. The maximum atomic E-state index is 5.63. The SMILES string of the molecule is Cc1cc(C)c(CC(NN)c2csnn2)c(C)c1. The number of benzene rings is 1. The molecule has 0 saturated heterocycles. The number of aromatic nitrogens is 2. The first-order valence-electron chi connectivity index (χ1n) is 5.91. The summed E-state index contributed by atoms with van der Waals surface area (Å²) < 4.78 is 3.89. The van der Waals surface area contributed by atoms with Crippen molar-refractivity contribution in [2.24, 2.45) is 5.84 Å². The molecule has 4 nitrogen and oxygen atoms in total.